The maximum atomic E-state index is 5.80. The zero-order valence-corrected chi connectivity index (χ0v) is 12.8. The van der Waals surface area contributed by atoms with Crippen LogP contribution >= 0.6 is 15.9 Å². The highest BCUT2D eigenvalue weighted by atomic mass is 79.9. The number of hydrogen-bond donors (Lipinski definition) is 1. The first-order chi connectivity index (χ1) is 9.19. The molecule has 3 heteroatoms. The van der Waals surface area contributed by atoms with Gasteiger partial charge in [-0.25, -0.2) is 0 Å². The van der Waals surface area contributed by atoms with Crippen molar-refractivity contribution < 1.29 is 4.74 Å². The van der Waals surface area contributed by atoms with Crippen molar-refractivity contribution in [3.05, 3.63) is 58.6 Å². The summed E-state index contributed by atoms with van der Waals surface area (Å²) in [5.74, 6) is 1.69. The Morgan fingerprint density at radius 3 is 2.47 bits per heavy atom. The highest BCUT2D eigenvalue weighted by Gasteiger charge is 2.04. The minimum Gasteiger partial charge on any atom is -0.457 e. The van der Waals surface area contributed by atoms with Gasteiger partial charge in [-0.2, -0.15) is 0 Å². The highest BCUT2D eigenvalue weighted by molar-refractivity contribution is 9.10. The van der Waals surface area contributed by atoms with E-state index in [0.717, 1.165) is 22.5 Å². The molecule has 0 radical (unpaired) electrons. The average Bonchev–Trinajstić information content (AvgIpc) is 2.40. The lowest BCUT2D eigenvalue weighted by atomic mass is 10.1. The zero-order chi connectivity index (χ0) is 13.7. The first-order valence-electron chi connectivity index (χ1n) is 6.46. The van der Waals surface area contributed by atoms with E-state index in [-0.39, 0.29) is 0 Å². The van der Waals surface area contributed by atoms with Crippen LogP contribution in [-0.2, 0) is 0 Å². The predicted molar refractivity (Wildman–Crippen MR) is 82.7 cm³/mol. The van der Waals surface area contributed by atoms with Crippen LogP contribution in [0.4, 0.5) is 0 Å². The van der Waals surface area contributed by atoms with Gasteiger partial charge in [-0.05, 0) is 49.4 Å². The van der Waals surface area contributed by atoms with Gasteiger partial charge in [0.15, 0.2) is 0 Å². The summed E-state index contributed by atoms with van der Waals surface area (Å²) in [4.78, 5) is 0. The molecule has 1 N–H and O–H groups in total. The van der Waals surface area contributed by atoms with Gasteiger partial charge in [-0.3, -0.25) is 0 Å². The molecule has 2 nitrogen and oxygen atoms in total. The van der Waals surface area contributed by atoms with E-state index in [1.165, 1.54) is 5.56 Å². The third kappa shape index (κ3) is 4.08. The zero-order valence-electron chi connectivity index (χ0n) is 11.2. The Kier molecular flexibility index (Phi) is 5.00. The van der Waals surface area contributed by atoms with Crippen molar-refractivity contribution in [3.63, 3.8) is 0 Å². The van der Waals surface area contributed by atoms with E-state index in [9.17, 15) is 0 Å². The molecule has 0 aliphatic rings. The second-order valence-corrected chi connectivity index (χ2v) is 5.32. The van der Waals surface area contributed by atoms with Crippen LogP contribution in [0.5, 0.6) is 11.5 Å². The summed E-state index contributed by atoms with van der Waals surface area (Å²) < 4.78 is 6.82. The second-order valence-electron chi connectivity index (χ2n) is 4.41. The first kappa shape index (κ1) is 14.1. The molecule has 0 aliphatic heterocycles. The molecule has 0 spiro atoms. The molecule has 0 heterocycles. The third-order valence-electron chi connectivity index (χ3n) is 2.92. The molecule has 1 unspecified atom stereocenters. The number of ether oxygens (including phenoxy) is 1. The number of rotatable bonds is 5. The standard InChI is InChI=1S/C16H18BrNO/c1-3-18-12(2)13-7-9-15(10-8-13)19-16-6-4-5-14(17)11-16/h4-12,18H,3H2,1-2H3. The Morgan fingerprint density at radius 1 is 1.11 bits per heavy atom. The van der Waals surface area contributed by atoms with Gasteiger partial charge in [-0.1, -0.05) is 41.1 Å². The normalized spacial score (nSPS) is 12.2. The molecule has 1 atom stereocenters. The number of benzene rings is 2. The molecule has 0 aromatic heterocycles. The smallest absolute Gasteiger partial charge is 0.128 e. The molecule has 2 rings (SSSR count). The van der Waals surface area contributed by atoms with Crippen LogP contribution in [-0.4, -0.2) is 6.54 Å². The monoisotopic (exact) mass is 319 g/mol. The Morgan fingerprint density at radius 2 is 1.84 bits per heavy atom. The van der Waals surface area contributed by atoms with Crippen molar-refractivity contribution in [2.24, 2.45) is 0 Å². The van der Waals surface area contributed by atoms with Gasteiger partial charge in [0.1, 0.15) is 11.5 Å². The fraction of sp³-hybridized carbons (Fsp3) is 0.250. The van der Waals surface area contributed by atoms with Crippen molar-refractivity contribution in [2.75, 3.05) is 6.54 Å². The number of hydrogen-bond acceptors (Lipinski definition) is 2. The fourth-order valence-corrected chi connectivity index (χ4v) is 2.29. The molecule has 0 fully saturated rings. The van der Waals surface area contributed by atoms with Crippen molar-refractivity contribution >= 4 is 15.9 Å². The van der Waals surface area contributed by atoms with E-state index < -0.39 is 0 Å². The van der Waals surface area contributed by atoms with Crippen molar-refractivity contribution in [1.29, 1.82) is 0 Å². The van der Waals surface area contributed by atoms with E-state index >= 15 is 0 Å². The minimum atomic E-state index is 0.366. The van der Waals surface area contributed by atoms with Gasteiger partial charge < -0.3 is 10.1 Å². The minimum absolute atomic E-state index is 0.366. The molecule has 0 bridgehead atoms. The quantitative estimate of drug-likeness (QED) is 0.845. The summed E-state index contributed by atoms with van der Waals surface area (Å²) in [5, 5.41) is 3.39. The van der Waals surface area contributed by atoms with E-state index in [1.54, 1.807) is 0 Å². The highest BCUT2D eigenvalue weighted by Crippen LogP contribution is 2.25. The van der Waals surface area contributed by atoms with Gasteiger partial charge in [0.2, 0.25) is 0 Å². The van der Waals surface area contributed by atoms with E-state index in [4.69, 9.17) is 4.74 Å². The van der Waals surface area contributed by atoms with Crippen molar-refractivity contribution in [3.8, 4) is 11.5 Å². The van der Waals surface area contributed by atoms with Gasteiger partial charge in [0.25, 0.3) is 0 Å². The molecule has 2 aromatic rings. The van der Waals surface area contributed by atoms with E-state index in [2.05, 4.69) is 47.2 Å². The lowest BCUT2D eigenvalue weighted by Crippen LogP contribution is -2.17. The molecular formula is C16H18BrNO. The Labute approximate surface area is 122 Å². The number of halogens is 1. The van der Waals surface area contributed by atoms with Crippen LogP contribution in [0.2, 0.25) is 0 Å². The van der Waals surface area contributed by atoms with Crippen LogP contribution in [0.1, 0.15) is 25.5 Å². The van der Waals surface area contributed by atoms with E-state index in [1.807, 2.05) is 36.4 Å². The molecule has 19 heavy (non-hydrogen) atoms. The van der Waals surface area contributed by atoms with Crippen LogP contribution in [0.25, 0.3) is 0 Å². The van der Waals surface area contributed by atoms with Gasteiger partial charge in [0, 0.05) is 10.5 Å². The third-order valence-corrected chi connectivity index (χ3v) is 3.42. The van der Waals surface area contributed by atoms with Crippen molar-refractivity contribution in [1.82, 2.24) is 5.32 Å². The molecule has 2 aromatic carbocycles. The molecule has 0 aliphatic carbocycles. The molecule has 0 saturated carbocycles. The summed E-state index contributed by atoms with van der Waals surface area (Å²) in [5.41, 5.74) is 1.27. The molecule has 0 amide bonds. The molecule has 100 valence electrons. The maximum absolute atomic E-state index is 5.80. The second kappa shape index (κ2) is 6.73. The van der Waals surface area contributed by atoms with Gasteiger partial charge >= 0.3 is 0 Å². The predicted octanol–water partition coefficient (Wildman–Crippen LogP) is 4.91. The lowest BCUT2D eigenvalue weighted by molar-refractivity contribution is 0.481. The Balaban J connectivity index is 2.06. The topological polar surface area (TPSA) is 21.3 Å². The van der Waals surface area contributed by atoms with E-state index in [0.29, 0.717) is 6.04 Å². The largest absolute Gasteiger partial charge is 0.457 e. The lowest BCUT2D eigenvalue weighted by Gasteiger charge is -2.13. The van der Waals surface area contributed by atoms with Gasteiger partial charge in [0.05, 0.1) is 0 Å². The van der Waals surface area contributed by atoms with Gasteiger partial charge in [-0.15, -0.1) is 0 Å². The number of nitrogens with one attached hydrogen (secondary N) is 1. The maximum Gasteiger partial charge on any atom is 0.128 e. The summed E-state index contributed by atoms with van der Waals surface area (Å²) >= 11 is 3.44. The van der Waals surface area contributed by atoms with Crippen LogP contribution in [0.3, 0.4) is 0 Å². The Bertz CT molecular complexity index is 525. The van der Waals surface area contributed by atoms with Crippen molar-refractivity contribution in [2.45, 2.75) is 19.9 Å². The summed E-state index contributed by atoms with van der Waals surface area (Å²) in [6, 6.07) is 16.4. The van der Waals surface area contributed by atoms with Crippen LogP contribution in [0, 0.1) is 0 Å². The van der Waals surface area contributed by atoms with Crippen LogP contribution in [0.15, 0.2) is 53.0 Å². The summed E-state index contributed by atoms with van der Waals surface area (Å²) in [6.45, 7) is 5.24. The first-order valence-corrected chi connectivity index (χ1v) is 7.25. The van der Waals surface area contributed by atoms with Crippen LogP contribution < -0.4 is 10.1 Å². The molecule has 0 saturated heterocycles. The molecular weight excluding hydrogens is 302 g/mol. The summed E-state index contributed by atoms with van der Waals surface area (Å²) in [7, 11) is 0. The SMILES string of the molecule is CCNC(C)c1ccc(Oc2cccc(Br)c2)cc1. The fourth-order valence-electron chi connectivity index (χ4n) is 1.92. The Hall–Kier alpha value is -1.32. The average molecular weight is 320 g/mol. The summed E-state index contributed by atoms with van der Waals surface area (Å²) in [6.07, 6.45) is 0.